The topological polar surface area (TPSA) is 52.9 Å². The lowest BCUT2D eigenvalue weighted by Crippen LogP contribution is -2.25. The fourth-order valence-electron chi connectivity index (χ4n) is 2.91. The molecular weight excluding hydrogens is 359 g/mol. The van der Waals surface area contributed by atoms with Crippen molar-refractivity contribution in [3.05, 3.63) is 58.1 Å². The molecule has 1 aliphatic heterocycles. The van der Waals surface area contributed by atoms with Gasteiger partial charge in [0.2, 0.25) is 5.91 Å². The highest BCUT2D eigenvalue weighted by molar-refractivity contribution is 6.41. The third-order valence-corrected chi connectivity index (χ3v) is 4.90. The third kappa shape index (κ3) is 3.30. The highest BCUT2D eigenvalue weighted by atomic mass is 35.5. The summed E-state index contributed by atoms with van der Waals surface area (Å²) in [7, 11) is 0. The van der Waals surface area contributed by atoms with E-state index >= 15 is 0 Å². The first-order valence-electron chi connectivity index (χ1n) is 8.09. The molecule has 3 rings (SSSR count). The lowest BCUT2D eigenvalue weighted by atomic mass is 10.0. The Morgan fingerprint density at radius 3 is 2.52 bits per heavy atom. The highest BCUT2D eigenvalue weighted by Crippen LogP contribution is 2.46. The molecule has 6 heteroatoms. The van der Waals surface area contributed by atoms with Crippen molar-refractivity contribution in [2.45, 2.75) is 25.3 Å². The summed E-state index contributed by atoms with van der Waals surface area (Å²) in [6.07, 6.45) is 2.33. The van der Waals surface area contributed by atoms with Gasteiger partial charge in [-0.15, -0.1) is 0 Å². The maximum absolute atomic E-state index is 13.1. The Labute approximate surface area is 156 Å². The van der Waals surface area contributed by atoms with E-state index in [-0.39, 0.29) is 18.6 Å². The Balaban J connectivity index is 2.07. The second-order valence-corrected chi connectivity index (χ2v) is 6.64. The van der Waals surface area contributed by atoms with E-state index in [1.165, 1.54) is 0 Å². The molecule has 1 aliphatic rings. The maximum Gasteiger partial charge on any atom is 0.244 e. The molecular formula is C19H18Cl2N2O2. The van der Waals surface area contributed by atoms with Gasteiger partial charge in [0.25, 0.3) is 0 Å². The number of rotatable bonds is 5. The number of aliphatic hydroxyl groups is 1. The first kappa shape index (κ1) is 17.9. The molecule has 1 N–H and O–H groups in total. The van der Waals surface area contributed by atoms with Gasteiger partial charge in [0, 0.05) is 6.21 Å². The number of para-hydroxylation sites is 2. The van der Waals surface area contributed by atoms with Gasteiger partial charge in [-0.3, -0.25) is 14.7 Å². The summed E-state index contributed by atoms with van der Waals surface area (Å²) in [5, 5.41) is 10.1. The second-order valence-electron chi connectivity index (χ2n) is 5.82. The molecule has 0 fully saturated rings. The summed E-state index contributed by atoms with van der Waals surface area (Å²) < 4.78 is 0. The smallest absolute Gasteiger partial charge is 0.244 e. The number of aliphatic imine (C=N–C) groups is 1. The lowest BCUT2D eigenvalue weighted by molar-refractivity contribution is -0.117. The van der Waals surface area contributed by atoms with Crippen LogP contribution in [-0.4, -0.2) is 29.9 Å². The number of hydrogen-bond acceptors (Lipinski definition) is 3. The van der Waals surface area contributed by atoms with Crippen LogP contribution < -0.4 is 4.90 Å². The Morgan fingerprint density at radius 2 is 1.88 bits per heavy atom. The Hall–Kier alpha value is -1.88. The predicted octanol–water partition coefficient (Wildman–Crippen LogP) is 4.60. The van der Waals surface area contributed by atoms with Gasteiger partial charge in [0.05, 0.1) is 34.1 Å². The van der Waals surface area contributed by atoms with Crippen LogP contribution in [0.2, 0.25) is 10.0 Å². The van der Waals surface area contributed by atoms with Crippen LogP contribution in [0.3, 0.4) is 0 Å². The predicted molar refractivity (Wildman–Crippen MR) is 102 cm³/mol. The van der Waals surface area contributed by atoms with Crippen LogP contribution in [0.15, 0.2) is 47.5 Å². The molecule has 1 amide bonds. The monoisotopic (exact) mass is 376 g/mol. The van der Waals surface area contributed by atoms with Gasteiger partial charge in [-0.1, -0.05) is 54.4 Å². The normalized spacial score (nSPS) is 18.0. The molecule has 0 saturated heterocycles. The zero-order valence-corrected chi connectivity index (χ0v) is 15.2. The molecule has 2 aromatic carbocycles. The molecule has 0 saturated carbocycles. The first-order valence-corrected chi connectivity index (χ1v) is 8.85. The van der Waals surface area contributed by atoms with Gasteiger partial charge in [0.15, 0.2) is 0 Å². The van der Waals surface area contributed by atoms with Crippen molar-refractivity contribution >= 4 is 46.7 Å². The van der Waals surface area contributed by atoms with E-state index in [0.717, 1.165) is 11.3 Å². The number of aliphatic hydroxyl groups excluding tert-OH is 1. The van der Waals surface area contributed by atoms with Crippen molar-refractivity contribution in [2.24, 2.45) is 4.99 Å². The van der Waals surface area contributed by atoms with E-state index in [1.54, 1.807) is 29.3 Å². The molecule has 130 valence electrons. The average molecular weight is 377 g/mol. The molecule has 0 radical (unpaired) electrons. The summed E-state index contributed by atoms with van der Waals surface area (Å²) >= 11 is 12.6. The van der Waals surface area contributed by atoms with E-state index in [2.05, 4.69) is 4.99 Å². The number of carbonyl (C=O) groups is 1. The maximum atomic E-state index is 13.1. The molecule has 1 heterocycles. The van der Waals surface area contributed by atoms with E-state index in [1.807, 2.05) is 31.2 Å². The zero-order valence-electron chi connectivity index (χ0n) is 13.7. The summed E-state index contributed by atoms with van der Waals surface area (Å²) in [6, 6.07) is 12.5. The van der Waals surface area contributed by atoms with Crippen molar-refractivity contribution in [3.8, 4) is 0 Å². The van der Waals surface area contributed by atoms with Gasteiger partial charge in [0.1, 0.15) is 5.92 Å². The zero-order chi connectivity index (χ0) is 18.0. The van der Waals surface area contributed by atoms with Gasteiger partial charge in [-0.2, -0.15) is 0 Å². The lowest BCUT2D eigenvalue weighted by Gasteiger charge is -2.20. The fraction of sp³-hybridized carbons (Fsp3) is 0.263. The van der Waals surface area contributed by atoms with Crippen molar-refractivity contribution in [1.82, 2.24) is 0 Å². The van der Waals surface area contributed by atoms with Crippen LogP contribution in [0, 0.1) is 0 Å². The molecule has 2 atom stereocenters. The minimum absolute atomic E-state index is 0.0460. The molecule has 1 unspecified atom stereocenters. The number of amides is 1. The van der Waals surface area contributed by atoms with Gasteiger partial charge < -0.3 is 5.11 Å². The molecule has 0 aliphatic carbocycles. The van der Waals surface area contributed by atoms with Gasteiger partial charge >= 0.3 is 0 Å². The van der Waals surface area contributed by atoms with Crippen molar-refractivity contribution < 1.29 is 9.90 Å². The quantitative estimate of drug-likeness (QED) is 0.775. The standard InChI is InChI=1S/C19H18Cl2N2O2/c1-2-12(11-24)22-10-14-13-6-3-4-9-17(13)23(19(14)25)18-15(20)7-5-8-16(18)21/h3-10,12,14,24H,2,11H2,1H3/t12-,14?/m1/s1. The molecule has 0 bridgehead atoms. The van der Waals surface area contributed by atoms with E-state index in [4.69, 9.17) is 23.2 Å². The molecule has 4 nitrogen and oxygen atoms in total. The van der Waals surface area contributed by atoms with E-state index in [0.29, 0.717) is 22.2 Å². The number of benzene rings is 2. The number of hydrogen-bond donors (Lipinski definition) is 1. The summed E-state index contributed by atoms with van der Waals surface area (Å²) in [5.41, 5.74) is 2.07. The first-order chi connectivity index (χ1) is 12.1. The second kappa shape index (κ2) is 7.56. The summed E-state index contributed by atoms with van der Waals surface area (Å²) in [6.45, 7) is 1.90. The van der Waals surface area contributed by atoms with Crippen molar-refractivity contribution in [2.75, 3.05) is 11.5 Å². The Kier molecular flexibility index (Phi) is 5.42. The molecule has 2 aromatic rings. The van der Waals surface area contributed by atoms with Crippen LogP contribution in [0.4, 0.5) is 11.4 Å². The minimum atomic E-state index is -0.524. The number of fused-ring (bicyclic) bond motifs is 1. The molecule has 25 heavy (non-hydrogen) atoms. The van der Waals surface area contributed by atoms with E-state index < -0.39 is 5.92 Å². The van der Waals surface area contributed by atoms with Crippen LogP contribution in [0.1, 0.15) is 24.8 Å². The summed E-state index contributed by atoms with van der Waals surface area (Å²) in [5.74, 6) is -0.683. The van der Waals surface area contributed by atoms with E-state index in [9.17, 15) is 9.90 Å². The van der Waals surface area contributed by atoms with Crippen LogP contribution in [0.25, 0.3) is 0 Å². The summed E-state index contributed by atoms with van der Waals surface area (Å²) in [4.78, 5) is 19.0. The van der Waals surface area contributed by atoms with Gasteiger partial charge in [-0.05, 0) is 30.2 Å². The SMILES string of the molecule is CC[C@H](CO)N=CC1C(=O)N(c2c(Cl)cccc2Cl)c2ccccc21. The largest absolute Gasteiger partial charge is 0.394 e. The van der Waals surface area contributed by atoms with Gasteiger partial charge in [-0.25, -0.2) is 0 Å². The number of halogens is 2. The molecule has 0 spiro atoms. The Bertz CT molecular complexity index is 799. The minimum Gasteiger partial charge on any atom is -0.394 e. The van der Waals surface area contributed by atoms with Crippen LogP contribution >= 0.6 is 23.2 Å². The Morgan fingerprint density at radius 1 is 1.20 bits per heavy atom. The highest BCUT2D eigenvalue weighted by Gasteiger charge is 2.38. The van der Waals surface area contributed by atoms with Crippen molar-refractivity contribution in [1.29, 1.82) is 0 Å². The number of anilines is 2. The van der Waals surface area contributed by atoms with Crippen LogP contribution in [0.5, 0.6) is 0 Å². The fourth-order valence-corrected chi connectivity index (χ4v) is 3.48. The number of carbonyl (C=O) groups excluding carboxylic acids is 1. The third-order valence-electron chi connectivity index (χ3n) is 4.29. The van der Waals surface area contributed by atoms with Crippen LogP contribution in [-0.2, 0) is 4.79 Å². The average Bonchev–Trinajstić information content (AvgIpc) is 2.88. The van der Waals surface area contributed by atoms with Crippen molar-refractivity contribution in [3.63, 3.8) is 0 Å². The molecule has 0 aromatic heterocycles. The number of nitrogens with zero attached hydrogens (tertiary/aromatic N) is 2.